The lowest BCUT2D eigenvalue weighted by Crippen LogP contribution is -2.24. The van der Waals surface area contributed by atoms with Crippen molar-refractivity contribution in [3.8, 4) is 0 Å². The Morgan fingerprint density at radius 2 is 1.58 bits per heavy atom. The van der Waals surface area contributed by atoms with E-state index in [1.54, 1.807) is 24.3 Å². The number of benzene rings is 3. The van der Waals surface area contributed by atoms with E-state index in [9.17, 15) is 22.4 Å². The van der Waals surface area contributed by atoms with Gasteiger partial charge in [0.2, 0.25) is 5.91 Å². The molecule has 0 saturated heterocycles. The standard InChI is InChI=1S/C21H16FN3O5S/c22-14-5-11-17(12-6-14)31(28,29)24-16-9-7-15(8-10-16)23-20(26)13-25-18-3-1-2-4-19(18)30-21(25)27/h1-12,24H,13H2,(H,23,26). The second kappa shape index (κ2) is 8.07. The van der Waals surface area contributed by atoms with E-state index in [-0.39, 0.29) is 17.1 Å². The number of carbonyl (C=O) groups excluding carboxylic acids is 1. The van der Waals surface area contributed by atoms with Crippen molar-refractivity contribution in [3.63, 3.8) is 0 Å². The van der Waals surface area contributed by atoms with Crippen molar-refractivity contribution >= 4 is 38.4 Å². The number of amides is 1. The predicted octanol–water partition coefficient (Wildman–Crippen LogP) is 3.17. The zero-order valence-electron chi connectivity index (χ0n) is 15.9. The Balaban J connectivity index is 1.43. The van der Waals surface area contributed by atoms with E-state index < -0.39 is 27.5 Å². The molecule has 0 spiro atoms. The van der Waals surface area contributed by atoms with Crippen LogP contribution in [0.15, 0.2) is 86.9 Å². The second-order valence-corrected chi connectivity index (χ2v) is 8.29. The number of nitrogens with zero attached hydrogens (tertiary/aromatic N) is 1. The molecule has 8 nitrogen and oxygen atoms in total. The van der Waals surface area contributed by atoms with Crippen LogP contribution in [-0.2, 0) is 21.4 Å². The zero-order chi connectivity index (χ0) is 22.0. The van der Waals surface area contributed by atoms with Crippen molar-refractivity contribution < 1.29 is 22.0 Å². The third-order valence-corrected chi connectivity index (χ3v) is 5.82. The van der Waals surface area contributed by atoms with Crippen LogP contribution in [0.5, 0.6) is 0 Å². The number of carbonyl (C=O) groups is 1. The van der Waals surface area contributed by atoms with E-state index in [2.05, 4.69) is 10.0 Å². The molecule has 4 rings (SSSR count). The molecule has 0 atom stereocenters. The van der Waals surface area contributed by atoms with Crippen molar-refractivity contribution in [2.75, 3.05) is 10.0 Å². The Kier molecular flexibility index (Phi) is 5.30. The van der Waals surface area contributed by atoms with Crippen LogP contribution in [0.2, 0.25) is 0 Å². The number of hydrogen-bond acceptors (Lipinski definition) is 5. The van der Waals surface area contributed by atoms with Gasteiger partial charge in [-0.15, -0.1) is 0 Å². The van der Waals surface area contributed by atoms with Gasteiger partial charge in [-0.25, -0.2) is 17.6 Å². The van der Waals surface area contributed by atoms with Crippen LogP contribution in [0.4, 0.5) is 15.8 Å². The summed E-state index contributed by atoms with van der Waals surface area (Å²) in [5.41, 5.74) is 1.57. The van der Waals surface area contributed by atoms with Crippen molar-refractivity contribution in [2.24, 2.45) is 0 Å². The number of fused-ring (bicyclic) bond motifs is 1. The van der Waals surface area contributed by atoms with Crippen molar-refractivity contribution in [3.05, 3.63) is 89.2 Å². The fourth-order valence-electron chi connectivity index (χ4n) is 2.96. The van der Waals surface area contributed by atoms with Gasteiger partial charge in [0, 0.05) is 11.4 Å². The van der Waals surface area contributed by atoms with Crippen LogP contribution >= 0.6 is 0 Å². The van der Waals surface area contributed by atoms with Gasteiger partial charge in [0.1, 0.15) is 12.4 Å². The number of anilines is 2. The minimum absolute atomic E-state index is 0.0796. The first kappa shape index (κ1) is 20.4. The summed E-state index contributed by atoms with van der Waals surface area (Å²) in [6, 6.07) is 17.2. The molecule has 0 aliphatic carbocycles. The quantitative estimate of drug-likeness (QED) is 0.478. The molecule has 2 N–H and O–H groups in total. The topological polar surface area (TPSA) is 110 Å². The van der Waals surface area contributed by atoms with Crippen LogP contribution in [0.1, 0.15) is 0 Å². The molecule has 0 radical (unpaired) electrons. The highest BCUT2D eigenvalue weighted by Gasteiger charge is 2.15. The third-order valence-electron chi connectivity index (χ3n) is 4.42. The highest BCUT2D eigenvalue weighted by Crippen LogP contribution is 2.19. The van der Waals surface area contributed by atoms with E-state index in [0.717, 1.165) is 24.3 Å². The molecule has 4 aromatic rings. The SMILES string of the molecule is O=C(Cn1c(=O)oc2ccccc21)Nc1ccc(NS(=O)(=O)c2ccc(F)cc2)cc1. The first-order chi connectivity index (χ1) is 14.8. The summed E-state index contributed by atoms with van der Waals surface area (Å²) in [5.74, 6) is -1.63. The molecule has 158 valence electrons. The van der Waals surface area contributed by atoms with Gasteiger partial charge >= 0.3 is 5.76 Å². The summed E-state index contributed by atoms with van der Waals surface area (Å²) >= 11 is 0. The maximum atomic E-state index is 13.0. The van der Waals surface area contributed by atoms with Gasteiger partial charge in [-0.05, 0) is 60.7 Å². The molecule has 31 heavy (non-hydrogen) atoms. The molecule has 1 heterocycles. The van der Waals surface area contributed by atoms with Gasteiger partial charge in [0.05, 0.1) is 10.4 Å². The molecular weight excluding hydrogens is 425 g/mol. The third kappa shape index (κ3) is 4.48. The maximum absolute atomic E-state index is 13.0. The molecule has 0 unspecified atom stereocenters. The summed E-state index contributed by atoms with van der Waals surface area (Å²) in [6.07, 6.45) is 0. The van der Waals surface area contributed by atoms with Gasteiger partial charge < -0.3 is 9.73 Å². The smallest absolute Gasteiger partial charge is 0.408 e. The number of nitrogens with one attached hydrogen (secondary N) is 2. The molecule has 0 fully saturated rings. The second-order valence-electron chi connectivity index (χ2n) is 6.61. The number of sulfonamides is 1. The van der Waals surface area contributed by atoms with Gasteiger partial charge in [0.25, 0.3) is 10.0 Å². The monoisotopic (exact) mass is 441 g/mol. The minimum atomic E-state index is -3.88. The number of hydrogen-bond donors (Lipinski definition) is 2. The Morgan fingerprint density at radius 1 is 0.935 bits per heavy atom. The first-order valence-corrected chi connectivity index (χ1v) is 10.6. The Labute approximate surface area is 176 Å². The Hall–Kier alpha value is -3.92. The van der Waals surface area contributed by atoms with Crippen LogP contribution < -0.4 is 15.8 Å². The number of halogens is 1. The van der Waals surface area contributed by atoms with Crippen molar-refractivity contribution in [2.45, 2.75) is 11.4 Å². The number of aromatic nitrogens is 1. The van der Waals surface area contributed by atoms with Crippen molar-refractivity contribution in [1.29, 1.82) is 0 Å². The van der Waals surface area contributed by atoms with E-state index in [0.29, 0.717) is 16.8 Å². The Morgan fingerprint density at radius 3 is 2.29 bits per heavy atom. The van der Waals surface area contributed by atoms with Crippen LogP contribution in [0.25, 0.3) is 11.1 Å². The lowest BCUT2D eigenvalue weighted by Gasteiger charge is -2.10. The van der Waals surface area contributed by atoms with Crippen LogP contribution in [0.3, 0.4) is 0 Å². The summed E-state index contributed by atoms with van der Waals surface area (Å²) < 4.78 is 46.4. The minimum Gasteiger partial charge on any atom is -0.408 e. The maximum Gasteiger partial charge on any atom is 0.420 e. The number of para-hydroxylation sites is 2. The van der Waals surface area contributed by atoms with E-state index in [1.807, 2.05) is 0 Å². The zero-order valence-corrected chi connectivity index (χ0v) is 16.7. The molecule has 1 aromatic heterocycles. The van der Waals surface area contributed by atoms with Gasteiger partial charge in [-0.1, -0.05) is 12.1 Å². The molecular formula is C21H16FN3O5S. The van der Waals surface area contributed by atoms with E-state index >= 15 is 0 Å². The first-order valence-electron chi connectivity index (χ1n) is 9.08. The predicted molar refractivity (Wildman–Crippen MR) is 113 cm³/mol. The number of rotatable bonds is 6. The summed E-state index contributed by atoms with van der Waals surface area (Å²) in [7, 11) is -3.88. The average Bonchev–Trinajstić information content (AvgIpc) is 3.05. The largest absolute Gasteiger partial charge is 0.420 e. The molecule has 10 heteroatoms. The van der Waals surface area contributed by atoms with Crippen molar-refractivity contribution in [1.82, 2.24) is 4.57 Å². The Bertz CT molecular complexity index is 1410. The van der Waals surface area contributed by atoms with Gasteiger partial charge in [0.15, 0.2) is 5.58 Å². The fourth-order valence-corrected chi connectivity index (χ4v) is 4.02. The molecule has 1 amide bonds. The number of oxazole rings is 1. The average molecular weight is 441 g/mol. The summed E-state index contributed by atoms with van der Waals surface area (Å²) in [4.78, 5) is 24.2. The molecule has 0 aliphatic rings. The lowest BCUT2D eigenvalue weighted by atomic mass is 10.3. The van der Waals surface area contributed by atoms with Crippen LogP contribution in [-0.4, -0.2) is 18.9 Å². The molecule has 0 saturated carbocycles. The highest BCUT2D eigenvalue weighted by molar-refractivity contribution is 7.92. The van der Waals surface area contributed by atoms with Gasteiger partial charge in [-0.2, -0.15) is 0 Å². The normalized spacial score (nSPS) is 11.4. The van der Waals surface area contributed by atoms with E-state index in [1.165, 1.54) is 28.8 Å². The lowest BCUT2D eigenvalue weighted by molar-refractivity contribution is -0.116. The molecule has 3 aromatic carbocycles. The van der Waals surface area contributed by atoms with E-state index in [4.69, 9.17) is 4.42 Å². The summed E-state index contributed by atoms with van der Waals surface area (Å²) in [6.45, 7) is -0.241. The highest BCUT2D eigenvalue weighted by atomic mass is 32.2. The fraction of sp³-hybridized carbons (Fsp3) is 0.0476. The molecule has 0 aliphatic heterocycles. The van der Waals surface area contributed by atoms with Gasteiger partial charge in [-0.3, -0.25) is 14.1 Å². The van der Waals surface area contributed by atoms with Crippen LogP contribution in [0, 0.1) is 5.82 Å². The summed E-state index contributed by atoms with van der Waals surface area (Å²) in [5, 5.41) is 2.64. The molecule has 0 bridgehead atoms.